The molecule has 2 aliphatic rings. The predicted molar refractivity (Wildman–Crippen MR) is 269 cm³/mol. The van der Waals surface area contributed by atoms with Crippen LogP contribution in [0.25, 0.3) is 21.6 Å². The first-order valence-corrected chi connectivity index (χ1v) is 24.6. The number of hydrogen-bond acceptors (Lipinski definition) is 11. The van der Waals surface area contributed by atoms with Crippen molar-refractivity contribution in [3.63, 3.8) is 0 Å². The van der Waals surface area contributed by atoms with Crippen molar-refractivity contribution in [3.8, 4) is 39.1 Å². The van der Waals surface area contributed by atoms with Crippen molar-refractivity contribution in [3.05, 3.63) is 124 Å². The summed E-state index contributed by atoms with van der Waals surface area (Å²) in [7, 11) is 0. The van der Waals surface area contributed by atoms with E-state index in [4.69, 9.17) is 25.8 Å². The molecule has 2 fully saturated rings. The third kappa shape index (κ3) is 11.6. The molecule has 14 nitrogen and oxygen atoms in total. The van der Waals surface area contributed by atoms with E-state index in [0.717, 1.165) is 32.8 Å². The number of nitriles is 1. The van der Waals surface area contributed by atoms with Crippen LogP contribution in [0.2, 0.25) is 5.02 Å². The van der Waals surface area contributed by atoms with Gasteiger partial charge in [0.05, 0.1) is 39.4 Å². The number of carbonyl (C=O) groups excluding carboxylic acids is 4. The molecule has 4 amide bonds. The molecule has 4 aromatic carbocycles. The fourth-order valence-electron chi connectivity index (χ4n) is 9.73. The number of nitrogens with zero attached hydrogens (tertiary/aromatic N) is 3. The number of hydrogen-bond donors (Lipinski definition) is 4. The molecule has 0 unspecified atom stereocenters. The molecule has 1 aliphatic carbocycles. The number of aliphatic hydroxyl groups is 1. The number of nitrogens with one attached hydrogen (secondary N) is 3. The highest BCUT2D eigenvalue weighted by Crippen LogP contribution is 2.55. The van der Waals surface area contributed by atoms with Crippen LogP contribution in [0, 0.1) is 34.5 Å². The Morgan fingerprint density at radius 3 is 2.14 bits per heavy atom. The van der Waals surface area contributed by atoms with E-state index < -0.39 is 46.2 Å². The summed E-state index contributed by atoms with van der Waals surface area (Å²) < 4.78 is 17.9. The van der Waals surface area contributed by atoms with Gasteiger partial charge in [0.2, 0.25) is 17.7 Å². The molecule has 1 aromatic heterocycles. The van der Waals surface area contributed by atoms with Gasteiger partial charge in [-0.1, -0.05) is 109 Å². The van der Waals surface area contributed by atoms with Crippen molar-refractivity contribution in [2.45, 2.75) is 98.7 Å². The highest BCUT2D eigenvalue weighted by atomic mass is 35.5. The van der Waals surface area contributed by atoms with Crippen LogP contribution in [0.1, 0.15) is 82.1 Å². The van der Waals surface area contributed by atoms with Crippen LogP contribution in [0.5, 0.6) is 11.5 Å². The molecular formula is C54H61ClN6O8S. The lowest BCUT2D eigenvalue weighted by molar-refractivity contribution is -0.164. The number of carbonyl (C=O) groups is 4. The molecule has 1 saturated heterocycles. The molecule has 7 rings (SSSR count). The number of thiazole rings is 1. The molecule has 1 saturated carbocycles. The zero-order valence-electron chi connectivity index (χ0n) is 40.8. The number of rotatable bonds is 17. The number of aromatic nitrogens is 1. The van der Waals surface area contributed by atoms with E-state index in [2.05, 4.69) is 54.7 Å². The summed E-state index contributed by atoms with van der Waals surface area (Å²) in [5.41, 5.74) is 5.95. The second kappa shape index (κ2) is 21.4. The van der Waals surface area contributed by atoms with Crippen LogP contribution in [0.4, 0.5) is 0 Å². The maximum atomic E-state index is 14.0. The molecule has 1 aliphatic heterocycles. The van der Waals surface area contributed by atoms with E-state index in [1.807, 2.05) is 93.9 Å². The van der Waals surface area contributed by atoms with E-state index >= 15 is 0 Å². The fraction of sp³-hybridized carbons (Fsp3) is 0.407. The Kier molecular flexibility index (Phi) is 15.7. The number of likely N-dealkylation sites (tertiary alicyclic amines) is 1. The lowest BCUT2D eigenvalue weighted by Crippen LogP contribution is -2.74. The summed E-state index contributed by atoms with van der Waals surface area (Å²) in [6, 6.07) is 27.8. The van der Waals surface area contributed by atoms with Gasteiger partial charge in [0.25, 0.3) is 5.91 Å². The standard InChI is InChI=1S/C54H61ClN6O8S/c1-32-45(70-31-58-32)36-11-9-33(10-12-36)28-57-48(65)43-25-39(62)29-61(43)49(66)46(52(2,3)4)59-44(63)30-67-23-24-68-40-20-17-35(18-21-40)34-13-15-37(16-14-34)47(64)60-50-53(5,6)51(54(50,7)8)69-41-22-19-38(27-56)42(55)26-41/h9-22,26,31,39,43,46,50-51,62H,23-25,28-30H2,1-8H3,(H,57,65)(H,59,63)(H,60,64)/t39-,43-,46+,50?,51?/m0/s1. The van der Waals surface area contributed by atoms with Gasteiger partial charge in [0, 0.05) is 48.0 Å². The van der Waals surface area contributed by atoms with Gasteiger partial charge in [-0.3, -0.25) is 19.2 Å². The first kappa shape index (κ1) is 51.5. The average molecular weight is 990 g/mol. The number of amides is 4. The summed E-state index contributed by atoms with van der Waals surface area (Å²) in [6.07, 6.45) is -1.02. The van der Waals surface area contributed by atoms with Gasteiger partial charge >= 0.3 is 0 Å². The summed E-state index contributed by atoms with van der Waals surface area (Å²) in [6.45, 7) is 15.9. The van der Waals surface area contributed by atoms with Gasteiger partial charge in [-0.2, -0.15) is 5.26 Å². The zero-order chi connectivity index (χ0) is 50.5. The molecule has 0 bridgehead atoms. The Morgan fingerprint density at radius 1 is 0.914 bits per heavy atom. The van der Waals surface area contributed by atoms with Crippen molar-refractivity contribution in [1.82, 2.24) is 25.8 Å². The number of halogens is 1. The lowest BCUT2D eigenvalue weighted by Gasteiger charge is -2.63. The summed E-state index contributed by atoms with van der Waals surface area (Å²) in [5.74, 6) is -0.343. The highest BCUT2D eigenvalue weighted by molar-refractivity contribution is 7.13. The molecule has 5 aromatic rings. The van der Waals surface area contributed by atoms with Crippen molar-refractivity contribution < 1.29 is 38.5 Å². The van der Waals surface area contributed by atoms with Crippen molar-refractivity contribution in [2.24, 2.45) is 16.2 Å². The molecule has 70 heavy (non-hydrogen) atoms. The molecule has 16 heteroatoms. The molecule has 0 radical (unpaired) electrons. The second-order valence-corrected chi connectivity index (χ2v) is 21.5. The second-order valence-electron chi connectivity index (χ2n) is 20.2. The minimum Gasteiger partial charge on any atom is -0.491 e. The van der Waals surface area contributed by atoms with Gasteiger partial charge in [0.15, 0.2) is 0 Å². The van der Waals surface area contributed by atoms with Gasteiger partial charge in [-0.25, -0.2) is 4.98 Å². The van der Waals surface area contributed by atoms with Gasteiger partial charge in [-0.05, 0) is 71.0 Å². The molecule has 4 N–H and O–H groups in total. The van der Waals surface area contributed by atoms with Crippen LogP contribution >= 0.6 is 22.9 Å². The maximum absolute atomic E-state index is 14.0. The quantitative estimate of drug-likeness (QED) is 0.0662. The van der Waals surface area contributed by atoms with Crippen molar-refractivity contribution in [2.75, 3.05) is 26.4 Å². The largest absolute Gasteiger partial charge is 0.491 e. The first-order chi connectivity index (χ1) is 33.2. The Hall–Kier alpha value is -6.31. The Bertz CT molecular complexity index is 2710. The normalized spacial score (nSPS) is 19.5. The molecule has 368 valence electrons. The van der Waals surface area contributed by atoms with Crippen molar-refractivity contribution in [1.29, 1.82) is 5.26 Å². The number of β-amino-alcohol motifs (C(OH)–C–C–N with tert-alkyl or cyclic N) is 1. The smallest absolute Gasteiger partial charge is 0.251 e. The Labute approximate surface area is 418 Å². The van der Waals surface area contributed by atoms with E-state index in [1.54, 1.807) is 41.7 Å². The van der Waals surface area contributed by atoms with Gasteiger partial charge in [-0.15, -0.1) is 11.3 Å². The Balaban J connectivity index is 0.839. The lowest BCUT2D eigenvalue weighted by atomic mass is 9.49. The Morgan fingerprint density at radius 2 is 1.54 bits per heavy atom. The van der Waals surface area contributed by atoms with Gasteiger partial charge < -0.3 is 40.2 Å². The summed E-state index contributed by atoms with van der Waals surface area (Å²) >= 11 is 7.82. The van der Waals surface area contributed by atoms with Crippen LogP contribution in [-0.2, 0) is 25.7 Å². The SMILES string of the molecule is Cc1ncsc1-c1ccc(CNC(=O)[C@@H]2C[C@H](O)CN2C(=O)[C@@H](NC(=O)COCCOc2ccc(-c3ccc(C(=O)NC4C(C)(C)C(Oc5ccc(C#N)c(Cl)c5)C4(C)C)cc3)cc2)C(C)(C)C)cc1. The van der Waals surface area contributed by atoms with E-state index in [0.29, 0.717) is 27.6 Å². The third-order valence-corrected chi connectivity index (χ3v) is 14.5. The van der Waals surface area contributed by atoms with Gasteiger partial charge in [0.1, 0.15) is 49.0 Å². The highest BCUT2D eigenvalue weighted by Gasteiger charge is 2.64. The molecule has 0 spiro atoms. The number of ether oxygens (including phenoxy) is 3. The van der Waals surface area contributed by atoms with E-state index in [1.165, 1.54) is 4.90 Å². The first-order valence-electron chi connectivity index (χ1n) is 23.3. The van der Waals surface area contributed by atoms with Crippen LogP contribution < -0.4 is 25.4 Å². The number of benzene rings is 4. The monoisotopic (exact) mass is 988 g/mol. The maximum Gasteiger partial charge on any atom is 0.251 e. The minimum atomic E-state index is -0.986. The van der Waals surface area contributed by atoms with E-state index in [9.17, 15) is 29.5 Å². The molecule has 3 atom stereocenters. The third-order valence-electron chi connectivity index (χ3n) is 13.2. The minimum absolute atomic E-state index is 0.0285. The number of aryl methyl sites for hydroxylation is 1. The predicted octanol–water partition coefficient (Wildman–Crippen LogP) is 8.13. The molecular weight excluding hydrogens is 928 g/mol. The fourth-order valence-corrected chi connectivity index (χ4v) is 10.8. The molecule has 2 heterocycles. The van der Waals surface area contributed by atoms with Crippen LogP contribution in [-0.4, -0.2) is 95.3 Å². The number of aliphatic hydroxyl groups excluding tert-OH is 1. The van der Waals surface area contributed by atoms with Crippen LogP contribution in [0.3, 0.4) is 0 Å². The van der Waals surface area contributed by atoms with E-state index in [-0.39, 0.29) is 63.3 Å². The zero-order valence-corrected chi connectivity index (χ0v) is 42.4. The summed E-state index contributed by atoms with van der Waals surface area (Å²) in [5, 5.41) is 29.1. The van der Waals surface area contributed by atoms with Crippen molar-refractivity contribution >= 4 is 46.6 Å². The summed E-state index contributed by atoms with van der Waals surface area (Å²) in [4.78, 5) is 60.9. The average Bonchev–Trinajstić information content (AvgIpc) is 3.95. The van der Waals surface area contributed by atoms with Crippen LogP contribution in [0.15, 0.2) is 96.5 Å². The topological polar surface area (TPSA) is 192 Å².